The first-order chi connectivity index (χ1) is 27.0. The van der Waals surface area contributed by atoms with Gasteiger partial charge < -0.3 is 24.2 Å². The van der Waals surface area contributed by atoms with Gasteiger partial charge in [-0.05, 0) is 77.5 Å². The minimum atomic E-state index is -4.75. The van der Waals surface area contributed by atoms with Crippen LogP contribution in [0.4, 0.5) is 32.6 Å². The number of nitrogens with zero attached hydrogens (tertiary/aromatic N) is 7. The van der Waals surface area contributed by atoms with Crippen LogP contribution >= 0.6 is 11.3 Å². The molecule has 57 heavy (non-hydrogen) atoms. The number of anilines is 1. The molecule has 9 rings (SSSR count). The summed E-state index contributed by atoms with van der Waals surface area (Å²) in [5.74, 6) is -2.72. The number of benzene rings is 1. The van der Waals surface area contributed by atoms with E-state index in [-0.39, 0.29) is 40.3 Å². The number of aliphatic hydroxyl groups is 1. The number of piperazine rings is 1. The maximum atomic E-state index is 15.1. The Kier molecular flexibility index (Phi) is 8.90. The summed E-state index contributed by atoms with van der Waals surface area (Å²) in [6.45, 7) is 6.75. The van der Waals surface area contributed by atoms with Gasteiger partial charge in [0.05, 0.1) is 57.2 Å². The number of hydrogen-bond acceptors (Lipinski definition) is 11. The molecule has 0 spiro atoms. The number of fused-ring (bicyclic) bond motifs is 6. The van der Waals surface area contributed by atoms with E-state index in [0.29, 0.717) is 70.6 Å². The van der Waals surface area contributed by atoms with Crippen molar-refractivity contribution in [2.75, 3.05) is 37.8 Å². The quantitative estimate of drug-likeness (QED) is 0.161. The number of aromatic nitrogens is 5. The number of thiophene rings is 1. The van der Waals surface area contributed by atoms with Crippen molar-refractivity contribution in [1.82, 2.24) is 29.6 Å². The Morgan fingerprint density at radius 3 is 2.46 bits per heavy atom. The molecule has 12 nitrogen and oxygen atoms in total. The van der Waals surface area contributed by atoms with Crippen LogP contribution in [0, 0.1) is 12.3 Å². The number of rotatable bonds is 7. The minimum Gasteiger partial charge on any atom is -0.462 e. The fourth-order valence-electron chi connectivity index (χ4n) is 8.76. The Hall–Kier alpha value is -4.42. The van der Waals surface area contributed by atoms with Gasteiger partial charge in [0, 0.05) is 48.6 Å². The normalized spacial score (nSPS) is 24.8. The van der Waals surface area contributed by atoms with Crippen LogP contribution in [0.25, 0.3) is 42.5 Å². The number of amides is 1. The molecule has 4 aromatic heterocycles. The molecule has 5 aromatic rings. The number of aliphatic hydroxyl groups excluding tert-OH is 1. The van der Waals surface area contributed by atoms with Crippen molar-refractivity contribution in [1.29, 1.82) is 0 Å². The van der Waals surface area contributed by atoms with Crippen molar-refractivity contribution in [3.63, 3.8) is 0 Å². The van der Waals surface area contributed by atoms with E-state index in [4.69, 9.17) is 19.2 Å². The van der Waals surface area contributed by atoms with E-state index in [1.54, 1.807) is 15.6 Å². The Morgan fingerprint density at radius 1 is 1.09 bits per heavy atom. The summed E-state index contributed by atoms with van der Waals surface area (Å²) < 4.78 is 93.8. The lowest BCUT2D eigenvalue weighted by Gasteiger charge is -2.42. The van der Waals surface area contributed by atoms with Crippen LogP contribution in [0.2, 0.25) is 0 Å². The molecule has 1 N–H and O–H groups in total. The molecule has 3 aliphatic heterocycles. The van der Waals surface area contributed by atoms with Gasteiger partial charge in [-0.1, -0.05) is 0 Å². The van der Waals surface area contributed by atoms with Gasteiger partial charge in [-0.3, -0.25) is 9.88 Å². The van der Waals surface area contributed by atoms with Gasteiger partial charge in [0.25, 0.3) is 5.92 Å². The van der Waals surface area contributed by atoms with E-state index in [0.717, 1.165) is 24.2 Å². The van der Waals surface area contributed by atoms with E-state index in [2.05, 4.69) is 15.1 Å². The van der Waals surface area contributed by atoms with Crippen molar-refractivity contribution >= 4 is 54.5 Å². The first-order valence-corrected chi connectivity index (χ1v) is 20.0. The maximum Gasteiger partial charge on any atom is 0.417 e. The summed E-state index contributed by atoms with van der Waals surface area (Å²) in [7, 11) is 0. The Balaban J connectivity index is 1.20. The lowest BCUT2D eigenvalue weighted by atomic mass is 9.94. The molecule has 4 aliphatic rings. The molecule has 1 aromatic carbocycles. The second-order valence-electron chi connectivity index (χ2n) is 16.7. The summed E-state index contributed by atoms with van der Waals surface area (Å²) in [6, 6.07) is 2.55. The van der Waals surface area contributed by atoms with E-state index in [1.165, 1.54) is 25.4 Å². The zero-order chi connectivity index (χ0) is 40.2. The number of aryl methyl sites for hydroxylation is 1. The van der Waals surface area contributed by atoms with Gasteiger partial charge >= 0.3 is 18.3 Å². The van der Waals surface area contributed by atoms with Crippen molar-refractivity contribution in [3.8, 4) is 17.3 Å². The van der Waals surface area contributed by atoms with Crippen LogP contribution in [0.15, 0.2) is 24.5 Å². The van der Waals surface area contributed by atoms with Crippen LogP contribution in [-0.4, -0.2) is 97.3 Å². The summed E-state index contributed by atoms with van der Waals surface area (Å²) in [6.07, 6.45) is 0.675. The highest BCUT2D eigenvalue weighted by molar-refractivity contribution is 7.26. The number of pyridine rings is 1. The molecule has 3 saturated heterocycles. The Bertz CT molecular complexity index is 2390. The fourth-order valence-corrected chi connectivity index (χ4v) is 9.91. The van der Waals surface area contributed by atoms with Gasteiger partial charge in [0.15, 0.2) is 6.23 Å². The summed E-state index contributed by atoms with van der Waals surface area (Å²) in [4.78, 5) is 31.5. The standard InChI is InChI=1S/C39H42F5N7O5S/c1-20-13-25-24(14-46-51(25)26-7-5-6-12-54-26)27(29(20)39(42,43)44)30-31-23(10-11-45-30)28-32(47-34(48-33(28)57-31)55-19-37(18-52)17-38(37,40)41)49-15-21-8-9-22(16-49)50(21)35(53)56-36(2,3)4/h10-11,13-14,21-22,26,52H,5-9,12,15-19H2,1-4H3/t21-,22+,26?,37-/m1/s1. The second-order valence-corrected chi connectivity index (χ2v) is 17.7. The highest BCUT2D eigenvalue weighted by Gasteiger charge is 2.71. The van der Waals surface area contributed by atoms with E-state index in [1.807, 2.05) is 25.7 Å². The highest BCUT2D eigenvalue weighted by atomic mass is 32.1. The molecule has 0 radical (unpaired) electrons. The lowest BCUT2D eigenvalue weighted by molar-refractivity contribution is -0.137. The summed E-state index contributed by atoms with van der Waals surface area (Å²) in [5.41, 5.74) is -2.83. The largest absolute Gasteiger partial charge is 0.462 e. The van der Waals surface area contributed by atoms with Crippen molar-refractivity contribution in [2.45, 2.75) is 102 Å². The molecule has 1 aliphatic carbocycles. The molecule has 1 saturated carbocycles. The molecule has 4 fully saturated rings. The molecule has 2 bridgehead atoms. The topological polar surface area (TPSA) is 128 Å². The number of carbonyl (C=O) groups is 1. The molecule has 1 amide bonds. The SMILES string of the molecule is Cc1cc2c(cnn2C2CCCCO2)c(-c2nccc3c2sc2nc(OC[C@]4(CO)CC4(F)F)nc(N4C[C@H]5CC[C@@H](C4)N5C(=O)OC(C)(C)C)c23)c1C(F)(F)F. The average molecular weight is 816 g/mol. The van der Waals surface area contributed by atoms with E-state index >= 15 is 13.2 Å². The third-order valence-electron chi connectivity index (χ3n) is 11.6. The van der Waals surface area contributed by atoms with Gasteiger partial charge in [0.2, 0.25) is 0 Å². The monoisotopic (exact) mass is 815 g/mol. The van der Waals surface area contributed by atoms with E-state index in [9.17, 15) is 18.7 Å². The predicted octanol–water partition coefficient (Wildman–Crippen LogP) is 8.27. The maximum absolute atomic E-state index is 15.1. The number of alkyl halides is 5. The highest BCUT2D eigenvalue weighted by Crippen LogP contribution is 2.60. The number of ether oxygens (including phenoxy) is 3. The van der Waals surface area contributed by atoms with Crippen molar-refractivity contribution in [2.24, 2.45) is 5.41 Å². The molecule has 4 atom stereocenters. The van der Waals surface area contributed by atoms with Crippen molar-refractivity contribution in [3.05, 3.63) is 35.7 Å². The summed E-state index contributed by atoms with van der Waals surface area (Å²) in [5, 5.41) is 15.7. The lowest BCUT2D eigenvalue weighted by Crippen LogP contribution is -2.57. The van der Waals surface area contributed by atoms with Gasteiger partial charge in [-0.15, -0.1) is 11.3 Å². The Morgan fingerprint density at radius 2 is 1.82 bits per heavy atom. The van der Waals surface area contributed by atoms with Gasteiger partial charge in [-0.25, -0.2) is 18.3 Å². The van der Waals surface area contributed by atoms with E-state index < -0.39 is 60.6 Å². The first-order valence-electron chi connectivity index (χ1n) is 19.2. The van der Waals surface area contributed by atoms with Gasteiger partial charge in [-0.2, -0.15) is 28.2 Å². The van der Waals surface area contributed by atoms with Gasteiger partial charge in [0.1, 0.15) is 22.9 Å². The van der Waals surface area contributed by atoms with Crippen LogP contribution in [0.1, 0.15) is 76.7 Å². The number of carbonyl (C=O) groups excluding carboxylic acids is 1. The van der Waals surface area contributed by atoms with Crippen molar-refractivity contribution < 1.29 is 46.1 Å². The molecular formula is C39H42F5N7O5S. The number of hydrogen-bond donors (Lipinski definition) is 1. The second kappa shape index (κ2) is 13.3. The average Bonchev–Trinajstić information content (AvgIpc) is 3.49. The molecule has 304 valence electrons. The van der Waals surface area contributed by atoms with Crippen LogP contribution in [0.5, 0.6) is 6.01 Å². The summed E-state index contributed by atoms with van der Waals surface area (Å²) >= 11 is 1.11. The van der Waals surface area contributed by atoms with Crippen LogP contribution in [0.3, 0.4) is 0 Å². The molecule has 18 heteroatoms. The fraction of sp³-hybridized carbons (Fsp3) is 0.564. The Labute approximate surface area is 327 Å². The first kappa shape index (κ1) is 38.1. The zero-order valence-corrected chi connectivity index (χ0v) is 32.6. The molecule has 1 unspecified atom stereocenters. The minimum absolute atomic E-state index is 0.00617. The third kappa shape index (κ3) is 6.42. The zero-order valence-electron chi connectivity index (χ0n) is 31.8. The predicted molar refractivity (Wildman–Crippen MR) is 202 cm³/mol. The smallest absolute Gasteiger partial charge is 0.417 e. The number of halogens is 5. The van der Waals surface area contributed by atoms with Crippen LogP contribution < -0.4 is 9.64 Å². The molecule has 7 heterocycles. The van der Waals surface area contributed by atoms with Crippen LogP contribution in [-0.2, 0) is 15.7 Å². The molecular weight excluding hydrogens is 774 g/mol. The third-order valence-corrected chi connectivity index (χ3v) is 12.7.